The van der Waals surface area contributed by atoms with Gasteiger partial charge in [0.05, 0.1) is 18.8 Å². The van der Waals surface area contributed by atoms with Gasteiger partial charge >= 0.3 is 0 Å². The van der Waals surface area contributed by atoms with Crippen LogP contribution in [-0.4, -0.2) is 42.5 Å². The molecule has 0 unspecified atom stereocenters. The molecule has 0 fully saturated rings. The Morgan fingerprint density at radius 2 is 1.66 bits per heavy atom. The highest BCUT2D eigenvalue weighted by molar-refractivity contribution is 5.99. The van der Waals surface area contributed by atoms with Crippen molar-refractivity contribution in [1.82, 2.24) is 10.4 Å². The smallest absolute Gasteiger partial charge is 0.251 e. The molecule has 0 aliphatic carbocycles. The number of nitrogens with two attached hydrogens (primary N) is 1. The number of hydrogen-bond acceptors (Lipinski definition) is 6. The third-order valence-electron chi connectivity index (χ3n) is 4.36. The predicted octanol–water partition coefficient (Wildman–Crippen LogP) is 1.66. The molecule has 0 bridgehead atoms. The number of carbonyl (C=O) groups is 3. The average molecular weight is 394 g/mol. The van der Waals surface area contributed by atoms with Crippen LogP contribution in [0.3, 0.4) is 0 Å². The minimum absolute atomic E-state index is 0.0233. The second-order valence-electron chi connectivity index (χ2n) is 6.47. The fourth-order valence-electron chi connectivity index (χ4n) is 2.75. The van der Waals surface area contributed by atoms with Crippen LogP contribution in [-0.2, 0) is 14.4 Å². The maximum Gasteiger partial charge on any atom is 0.251 e. The van der Waals surface area contributed by atoms with E-state index in [1.165, 1.54) is 18.2 Å². The Labute approximate surface area is 168 Å². The second kappa shape index (κ2) is 9.13. The van der Waals surface area contributed by atoms with Gasteiger partial charge in [-0.25, -0.2) is 5.06 Å². The van der Waals surface area contributed by atoms with Gasteiger partial charge in [-0.3, -0.25) is 19.2 Å². The van der Waals surface area contributed by atoms with Crippen molar-refractivity contribution in [2.24, 2.45) is 5.73 Å². The third-order valence-corrected chi connectivity index (χ3v) is 4.36. The maximum atomic E-state index is 12.1. The molecule has 0 saturated heterocycles. The van der Waals surface area contributed by atoms with E-state index in [4.69, 9.17) is 10.6 Å². The molecule has 0 radical (unpaired) electrons. The van der Waals surface area contributed by atoms with Crippen LogP contribution in [0.2, 0.25) is 0 Å². The highest BCUT2D eigenvalue weighted by Crippen LogP contribution is 2.22. The molecule has 0 atom stereocenters. The zero-order valence-corrected chi connectivity index (χ0v) is 16.0. The molecule has 3 rings (SSSR count). The lowest BCUT2D eigenvalue weighted by atomic mass is 10.0. The summed E-state index contributed by atoms with van der Waals surface area (Å²) in [7, 11) is 0. The fourth-order valence-corrected chi connectivity index (χ4v) is 2.75. The molecule has 29 heavy (non-hydrogen) atoms. The summed E-state index contributed by atoms with van der Waals surface area (Å²) in [5, 5.41) is 6.63. The van der Waals surface area contributed by atoms with Crippen LogP contribution >= 0.6 is 0 Å². The van der Waals surface area contributed by atoms with E-state index in [-0.39, 0.29) is 37.4 Å². The van der Waals surface area contributed by atoms with Gasteiger partial charge in [-0.2, -0.15) is 0 Å². The second-order valence-corrected chi connectivity index (χ2v) is 6.47. The summed E-state index contributed by atoms with van der Waals surface area (Å²) < 4.78 is 0. The van der Waals surface area contributed by atoms with Gasteiger partial charge < -0.3 is 16.4 Å². The lowest BCUT2D eigenvalue weighted by Gasteiger charge is -2.08. The highest BCUT2D eigenvalue weighted by atomic mass is 16.7. The Balaban J connectivity index is 1.52. The first-order valence-corrected chi connectivity index (χ1v) is 9.06. The first-order valence-electron chi connectivity index (χ1n) is 9.06. The number of hydroxylamine groups is 2. The van der Waals surface area contributed by atoms with Gasteiger partial charge in [-0.05, 0) is 30.2 Å². The van der Waals surface area contributed by atoms with Gasteiger partial charge in [0.2, 0.25) is 5.91 Å². The summed E-state index contributed by atoms with van der Waals surface area (Å²) in [6, 6.07) is 14.6. The summed E-state index contributed by atoms with van der Waals surface area (Å²) in [6.45, 7) is 1.64. The van der Waals surface area contributed by atoms with Gasteiger partial charge in [0.15, 0.2) is 5.78 Å². The molecule has 1 aliphatic rings. The normalized spacial score (nSPS) is 13.0. The van der Waals surface area contributed by atoms with Crippen LogP contribution in [0.15, 0.2) is 60.3 Å². The van der Waals surface area contributed by atoms with Crippen molar-refractivity contribution in [3.8, 4) is 11.1 Å². The molecule has 2 amide bonds. The van der Waals surface area contributed by atoms with E-state index in [1.807, 2.05) is 24.3 Å². The van der Waals surface area contributed by atoms with E-state index in [9.17, 15) is 14.4 Å². The van der Waals surface area contributed by atoms with Crippen LogP contribution in [0.5, 0.6) is 0 Å². The Hall–Kier alpha value is -3.49. The minimum Gasteiger partial charge on any atom is -0.343 e. The van der Waals surface area contributed by atoms with E-state index in [2.05, 4.69) is 10.6 Å². The van der Waals surface area contributed by atoms with Gasteiger partial charge in [0, 0.05) is 17.5 Å². The van der Waals surface area contributed by atoms with Crippen LogP contribution in [0.25, 0.3) is 11.1 Å². The largest absolute Gasteiger partial charge is 0.343 e. The minimum atomic E-state index is -0.375. The average Bonchev–Trinajstić information content (AvgIpc) is 3.22. The maximum absolute atomic E-state index is 12.1. The first kappa shape index (κ1) is 20.2. The molecule has 8 heteroatoms. The Bertz CT molecular complexity index is 936. The zero-order chi connectivity index (χ0) is 20.8. The molecular weight excluding hydrogens is 372 g/mol. The van der Waals surface area contributed by atoms with Crippen molar-refractivity contribution >= 4 is 23.3 Å². The SMILES string of the molecule is CC(=O)c1ccc(-c2ccc(NC(=O)CNC(=O)C3=CN(CN)OC3)cc2)cc1. The predicted molar refractivity (Wildman–Crippen MR) is 108 cm³/mol. The van der Waals surface area contributed by atoms with Crippen molar-refractivity contribution in [3.05, 3.63) is 65.9 Å². The number of benzene rings is 2. The number of amides is 2. The highest BCUT2D eigenvalue weighted by Gasteiger charge is 2.19. The summed E-state index contributed by atoms with van der Waals surface area (Å²) >= 11 is 0. The molecule has 0 aromatic heterocycles. The zero-order valence-electron chi connectivity index (χ0n) is 16.0. The monoisotopic (exact) mass is 394 g/mol. The lowest BCUT2D eigenvalue weighted by molar-refractivity contribution is -0.122. The standard InChI is InChI=1S/C21H22N4O4/c1-14(26)15-2-4-16(5-3-15)17-6-8-19(9-7-17)24-20(27)10-23-21(28)18-11-25(13-22)29-12-18/h2-9,11H,10,12-13,22H2,1H3,(H,23,28)(H,24,27). The number of anilines is 1. The van der Waals surface area contributed by atoms with Crippen LogP contribution in [0.1, 0.15) is 17.3 Å². The van der Waals surface area contributed by atoms with Crippen molar-refractivity contribution in [3.63, 3.8) is 0 Å². The molecule has 4 N–H and O–H groups in total. The number of nitrogens with one attached hydrogen (secondary N) is 2. The third kappa shape index (κ3) is 5.28. The summed E-state index contributed by atoms with van der Waals surface area (Å²) in [5.41, 5.74) is 9.04. The Kier molecular flexibility index (Phi) is 6.38. The fraction of sp³-hybridized carbons (Fsp3) is 0.190. The summed E-state index contributed by atoms with van der Waals surface area (Å²) in [5.74, 6) is -0.692. The van der Waals surface area contributed by atoms with Gasteiger partial charge in [0.1, 0.15) is 6.61 Å². The number of rotatable bonds is 7. The Morgan fingerprint density at radius 1 is 1.03 bits per heavy atom. The quantitative estimate of drug-likeness (QED) is 0.616. The van der Waals surface area contributed by atoms with E-state index in [1.54, 1.807) is 24.3 Å². The molecule has 0 spiro atoms. The number of hydrogen-bond donors (Lipinski definition) is 3. The van der Waals surface area contributed by atoms with E-state index < -0.39 is 0 Å². The molecule has 8 nitrogen and oxygen atoms in total. The van der Waals surface area contributed by atoms with Gasteiger partial charge in [0.25, 0.3) is 5.91 Å². The number of carbonyl (C=O) groups excluding carboxylic acids is 3. The van der Waals surface area contributed by atoms with Crippen molar-refractivity contribution < 1.29 is 19.2 Å². The molecule has 2 aromatic rings. The molecule has 1 aliphatic heterocycles. The van der Waals surface area contributed by atoms with Crippen LogP contribution in [0.4, 0.5) is 5.69 Å². The van der Waals surface area contributed by atoms with Crippen molar-refractivity contribution in [2.45, 2.75) is 6.92 Å². The van der Waals surface area contributed by atoms with E-state index in [0.717, 1.165) is 11.1 Å². The summed E-state index contributed by atoms with van der Waals surface area (Å²) in [4.78, 5) is 40.6. The van der Waals surface area contributed by atoms with Crippen molar-refractivity contribution in [1.29, 1.82) is 0 Å². The van der Waals surface area contributed by atoms with E-state index >= 15 is 0 Å². The topological polar surface area (TPSA) is 114 Å². The van der Waals surface area contributed by atoms with Crippen LogP contribution < -0.4 is 16.4 Å². The first-order chi connectivity index (χ1) is 14.0. The number of nitrogens with zero attached hydrogens (tertiary/aromatic N) is 1. The lowest BCUT2D eigenvalue weighted by Crippen LogP contribution is -2.34. The van der Waals surface area contributed by atoms with Crippen molar-refractivity contribution in [2.75, 3.05) is 25.1 Å². The van der Waals surface area contributed by atoms with E-state index in [0.29, 0.717) is 16.8 Å². The molecule has 150 valence electrons. The molecule has 2 aromatic carbocycles. The van der Waals surface area contributed by atoms with Gasteiger partial charge in [-0.15, -0.1) is 0 Å². The molecular formula is C21H22N4O4. The molecule has 0 saturated carbocycles. The number of ketones is 1. The Morgan fingerprint density at radius 3 is 2.21 bits per heavy atom. The number of Topliss-reactive ketones (excluding diaryl/α,β-unsaturated/α-hetero) is 1. The van der Waals surface area contributed by atoms with Gasteiger partial charge in [-0.1, -0.05) is 36.4 Å². The van der Waals surface area contributed by atoms with Crippen LogP contribution in [0, 0.1) is 0 Å². The molecule has 1 heterocycles. The summed E-state index contributed by atoms with van der Waals surface area (Å²) in [6.07, 6.45) is 1.51.